The summed E-state index contributed by atoms with van der Waals surface area (Å²) in [5.74, 6) is -0.281. The van der Waals surface area contributed by atoms with Crippen LogP contribution in [0.2, 0.25) is 18.1 Å². The highest BCUT2D eigenvalue weighted by molar-refractivity contribution is 6.74. The lowest BCUT2D eigenvalue weighted by Crippen LogP contribution is -2.46. The summed E-state index contributed by atoms with van der Waals surface area (Å²) in [7, 11) is -1.87. The molecule has 0 aromatic carbocycles. The molecule has 0 spiro atoms. The first-order chi connectivity index (χ1) is 9.56. The summed E-state index contributed by atoms with van der Waals surface area (Å²) in [6.07, 6.45) is 3.43. The molecule has 0 N–H and O–H groups in total. The Morgan fingerprint density at radius 3 is 2.52 bits per heavy atom. The second-order valence-corrected chi connectivity index (χ2v) is 12.0. The minimum Gasteiger partial charge on any atom is -0.463 e. The van der Waals surface area contributed by atoms with Gasteiger partial charge < -0.3 is 13.9 Å². The Labute approximate surface area is 130 Å². The van der Waals surface area contributed by atoms with Crippen molar-refractivity contribution in [2.45, 2.75) is 77.0 Å². The molecule has 0 amide bonds. The van der Waals surface area contributed by atoms with Crippen molar-refractivity contribution in [2.24, 2.45) is 0 Å². The van der Waals surface area contributed by atoms with Crippen LogP contribution in [0.1, 0.15) is 40.5 Å². The van der Waals surface area contributed by atoms with E-state index in [2.05, 4.69) is 40.4 Å². The fraction of sp³-hybridized carbons (Fsp3) is 0.812. The lowest BCUT2D eigenvalue weighted by Gasteiger charge is -2.39. The molecule has 0 radical (unpaired) electrons. The molecule has 1 heterocycles. The Bertz CT molecular complexity index is 373. The van der Waals surface area contributed by atoms with Gasteiger partial charge in [-0.05, 0) is 24.6 Å². The van der Waals surface area contributed by atoms with Gasteiger partial charge in [0.25, 0.3) is 0 Å². The molecule has 1 rings (SSSR count). The number of carbonyl (C=O) groups is 1. The third kappa shape index (κ3) is 5.24. The summed E-state index contributed by atoms with van der Waals surface area (Å²) in [5, 5.41) is 0.148. The molecular formula is C16H30O4Si. The second kappa shape index (κ2) is 7.07. The van der Waals surface area contributed by atoms with Crippen molar-refractivity contribution >= 4 is 14.3 Å². The van der Waals surface area contributed by atoms with E-state index in [1.54, 1.807) is 0 Å². The molecule has 0 bridgehead atoms. The predicted molar refractivity (Wildman–Crippen MR) is 86.8 cm³/mol. The van der Waals surface area contributed by atoms with Crippen LogP contribution in [-0.4, -0.2) is 39.2 Å². The van der Waals surface area contributed by atoms with Crippen molar-refractivity contribution in [1.82, 2.24) is 0 Å². The van der Waals surface area contributed by atoms with E-state index in [1.807, 2.05) is 6.08 Å². The minimum absolute atomic E-state index is 0.00445. The number of rotatable bonds is 6. The van der Waals surface area contributed by atoms with Gasteiger partial charge in [-0.1, -0.05) is 26.8 Å². The van der Waals surface area contributed by atoms with Crippen LogP contribution in [0, 0.1) is 0 Å². The van der Waals surface area contributed by atoms with E-state index in [9.17, 15) is 4.79 Å². The molecule has 5 heteroatoms. The molecule has 1 aliphatic rings. The highest BCUT2D eigenvalue weighted by atomic mass is 28.4. The van der Waals surface area contributed by atoms with Gasteiger partial charge in [0, 0.05) is 13.3 Å². The number of hydrogen-bond donors (Lipinski definition) is 0. The first-order valence-corrected chi connectivity index (χ1v) is 10.5. The molecule has 0 saturated carbocycles. The summed E-state index contributed by atoms with van der Waals surface area (Å²) in [6, 6.07) is 0. The van der Waals surface area contributed by atoms with Gasteiger partial charge in [0.05, 0.1) is 12.2 Å². The minimum atomic E-state index is -1.87. The predicted octanol–water partition coefficient (Wildman–Crippen LogP) is 3.67. The van der Waals surface area contributed by atoms with Crippen molar-refractivity contribution in [3.05, 3.63) is 12.7 Å². The Balaban J connectivity index is 2.74. The quantitative estimate of drug-likeness (QED) is 0.426. The smallest absolute Gasteiger partial charge is 0.302 e. The monoisotopic (exact) mass is 314 g/mol. The van der Waals surface area contributed by atoms with Crippen molar-refractivity contribution in [2.75, 3.05) is 6.61 Å². The van der Waals surface area contributed by atoms with E-state index in [4.69, 9.17) is 13.9 Å². The van der Waals surface area contributed by atoms with E-state index in [-0.39, 0.29) is 35.9 Å². The average molecular weight is 314 g/mol. The third-order valence-electron chi connectivity index (χ3n) is 4.41. The van der Waals surface area contributed by atoms with Crippen LogP contribution in [0.4, 0.5) is 0 Å². The van der Waals surface area contributed by atoms with Crippen LogP contribution in [0.15, 0.2) is 12.7 Å². The zero-order chi connectivity index (χ0) is 16.3. The van der Waals surface area contributed by atoms with Crippen molar-refractivity contribution in [1.29, 1.82) is 0 Å². The molecular weight excluding hydrogens is 284 g/mol. The number of hydrogen-bond acceptors (Lipinski definition) is 4. The average Bonchev–Trinajstić information content (AvgIpc) is 2.67. The van der Waals surface area contributed by atoms with Crippen LogP contribution < -0.4 is 0 Å². The maximum atomic E-state index is 11.0. The fourth-order valence-electron chi connectivity index (χ4n) is 2.16. The number of esters is 1. The Hall–Kier alpha value is -0.653. The molecule has 0 unspecified atom stereocenters. The molecule has 0 aromatic rings. The molecule has 3 atom stereocenters. The van der Waals surface area contributed by atoms with Gasteiger partial charge in [0.15, 0.2) is 8.32 Å². The van der Waals surface area contributed by atoms with Gasteiger partial charge in [-0.15, -0.1) is 6.58 Å². The van der Waals surface area contributed by atoms with Gasteiger partial charge in [-0.25, -0.2) is 0 Å². The highest BCUT2D eigenvalue weighted by Crippen LogP contribution is 2.40. The van der Waals surface area contributed by atoms with E-state index in [0.717, 1.165) is 12.8 Å². The van der Waals surface area contributed by atoms with Gasteiger partial charge in [-0.3, -0.25) is 4.79 Å². The van der Waals surface area contributed by atoms with E-state index < -0.39 is 8.32 Å². The first-order valence-electron chi connectivity index (χ1n) is 7.64. The van der Waals surface area contributed by atoms with Gasteiger partial charge >= 0.3 is 5.97 Å². The Morgan fingerprint density at radius 1 is 1.43 bits per heavy atom. The Morgan fingerprint density at radius 2 is 2.05 bits per heavy atom. The van der Waals surface area contributed by atoms with Crippen molar-refractivity contribution in [3.8, 4) is 0 Å². The Kier molecular flexibility index (Phi) is 6.19. The van der Waals surface area contributed by atoms with Crippen LogP contribution in [0.5, 0.6) is 0 Å². The first kappa shape index (κ1) is 18.4. The summed E-state index contributed by atoms with van der Waals surface area (Å²) in [5.41, 5.74) is 0. The van der Waals surface area contributed by atoms with Gasteiger partial charge in [0.2, 0.25) is 0 Å². The standard InChI is InChI=1S/C16H30O4Si/c1-8-9-13-10-14(15(19-13)11-18-12(2)17)20-21(6,7)16(3,4)5/h8,13-15H,1,9-11H2,2-7H3/t13-,14-,15+/m0/s1. The largest absolute Gasteiger partial charge is 0.463 e. The van der Waals surface area contributed by atoms with E-state index in [0.29, 0.717) is 0 Å². The van der Waals surface area contributed by atoms with Crippen LogP contribution in [-0.2, 0) is 18.7 Å². The SMILES string of the molecule is C=CC[C@H]1C[C@H](O[Si](C)(C)C(C)(C)C)[C@@H](COC(C)=O)O1. The lowest BCUT2D eigenvalue weighted by atomic mass is 10.1. The molecule has 0 aliphatic carbocycles. The fourth-order valence-corrected chi connectivity index (χ4v) is 3.52. The van der Waals surface area contributed by atoms with Crippen LogP contribution in [0.3, 0.4) is 0 Å². The number of ether oxygens (including phenoxy) is 2. The molecule has 1 aliphatic heterocycles. The summed E-state index contributed by atoms with van der Waals surface area (Å²) in [4.78, 5) is 11.0. The summed E-state index contributed by atoms with van der Waals surface area (Å²) < 4.78 is 17.6. The molecule has 1 fully saturated rings. The zero-order valence-corrected chi connectivity index (χ0v) is 15.3. The van der Waals surface area contributed by atoms with E-state index in [1.165, 1.54) is 6.92 Å². The number of carbonyl (C=O) groups excluding carboxylic acids is 1. The van der Waals surface area contributed by atoms with Gasteiger partial charge in [-0.2, -0.15) is 0 Å². The topological polar surface area (TPSA) is 44.8 Å². The van der Waals surface area contributed by atoms with Crippen LogP contribution in [0.25, 0.3) is 0 Å². The second-order valence-electron chi connectivity index (χ2n) is 7.28. The highest BCUT2D eigenvalue weighted by Gasteiger charge is 2.44. The van der Waals surface area contributed by atoms with Crippen LogP contribution >= 0.6 is 0 Å². The molecule has 1 saturated heterocycles. The zero-order valence-electron chi connectivity index (χ0n) is 14.3. The molecule has 21 heavy (non-hydrogen) atoms. The molecule has 4 nitrogen and oxygen atoms in total. The maximum absolute atomic E-state index is 11.0. The summed E-state index contributed by atoms with van der Waals surface area (Å²) in [6.45, 7) is 16.6. The van der Waals surface area contributed by atoms with Crippen molar-refractivity contribution in [3.63, 3.8) is 0 Å². The van der Waals surface area contributed by atoms with Gasteiger partial charge in [0.1, 0.15) is 12.7 Å². The molecule has 0 aromatic heterocycles. The normalized spacial score (nSPS) is 26.7. The third-order valence-corrected chi connectivity index (χ3v) is 8.91. The van der Waals surface area contributed by atoms with E-state index >= 15 is 0 Å². The summed E-state index contributed by atoms with van der Waals surface area (Å²) >= 11 is 0. The molecule has 122 valence electrons. The van der Waals surface area contributed by atoms with Crippen molar-refractivity contribution < 1.29 is 18.7 Å². The lowest BCUT2D eigenvalue weighted by molar-refractivity contribution is -0.146. The maximum Gasteiger partial charge on any atom is 0.302 e.